The van der Waals surface area contributed by atoms with Gasteiger partial charge in [0.15, 0.2) is 0 Å². The van der Waals surface area contributed by atoms with Crippen molar-refractivity contribution in [2.45, 2.75) is 0 Å². The molecule has 5 heteroatoms. The molecule has 2 aromatic carbocycles. The van der Waals surface area contributed by atoms with Crippen molar-refractivity contribution in [3.8, 4) is 11.1 Å². The minimum absolute atomic E-state index is 0.666. The quantitative estimate of drug-likeness (QED) is 0.655. The number of halogens is 1. The molecule has 0 aliphatic carbocycles. The Morgan fingerprint density at radius 1 is 1.21 bits per heavy atom. The number of carbonyl (C=O) groups excluding carboxylic acids is 1. The molecule has 0 atom stereocenters. The van der Waals surface area contributed by atoms with Crippen LogP contribution < -0.4 is 11.2 Å². The zero-order chi connectivity index (χ0) is 13.7. The molecule has 2 amide bonds. The number of hydrogen-bond donors (Lipinski definition) is 2. The first kappa shape index (κ1) is 13.1. The number of nitrogens with two attached hydrogens (primary N) is 1. The van der Waals surface area contributed by atoms with E-state index in [4.69, 9.17) is 17.3 Å². The van der Waals surface area contributed by atoms with Gasteiger partial charge in [0.05, 0.1) is 6.21 Å². The van der Waals surface area contributed by atoms with Crippen LogP contribution in [0, 0.1) is 0 Å². The summed E-state index contributed by atoms with van der Waals surface area (Å²) in [7, 11) is 0. The van der Waals surface area contributed by atoms with E-state index < -0.39 is 6.03 Å². The molecule has 3 N–H and O–H groups in total. The molecular weight excluding hydrogens is 262 g/mol. The normalized spacial score (nSPS) is 10.6. The molecule has 0 aromatic heterocycles. The summed E-state index contributed by atoms with van der Waals surface area (Å²) in [5, 5.41) is 4.43. The van der Waals surface area contributed by atoms with Crippen molar-refractivity contribution in [2.24, 2.45) is 10.8 Å². The van der Waals surface area contributed by atoms with Crippen LogP contribution in [0.4, 0.5) is 4.79 Å². The number of nitrogens with zero attached hydrogens (tertiary/aromatic N) is 1. The van der Waals surface area contributed by atoms with Gasteiger partial charge in [0.25, 0.3) is 0 Å². The van der Waals surface area contributed by atoms with E-state index >= 15 is 0 Å². The van der Waals surface area contributed by atoms with Gasteiger partial charge in [-0.25, -0.2) is 10.2 Å². The molecule has 0 heterocycles. The number of hydrogen-bond acceptors (Lipinski definition) is 2. The smallest absolute Gasteiger partial charge is 0.332 e. The zero-order valence-electron chi connectivity index (χ0n) is 10.0. The number of rotatable bonds is 3. The van der Waals surface area contributed by atoms with Gasteiger partial charge in [0, 0.05) is 10.6 Å². The van der Waals surface area contributed by atoms with Crippen molar-refractivity contribution in [3.63, 3.8) is 0 Å². The van der Waals surface area contributed by atoms with Gasteiger partial charge >= 0.3 is 6.03 Å². The Morgan fingerprint density at radius 3 is 2.74 bits per heavy atom. The van der Waals surface area contributed by atoms with Crippen LogP contribution in [0.3, 0.4) is 0 Å². The maximum Gasteiger partial charge on any atom is 0.332 e. The predicted octanol–water partition coefficient (Wildman–Crippen LogP) is 3.01. The third kappa shape index (κ3) is 3.56. The topological polar surface area (TPSA) is 67.5 Å². The fourth-order valence-corrected chi connectivity index (χ4v) is 1.88. The highest BCUT2D eigenvalue weighted by Gasteiger charge is 2.03. The summed E-state index contributed by atoms with van der Waals surface area (Å²) in [5.41, 5.74) is 9.92. The van der Waals surface area contributed by atoms with Crippen molar-refractivity contribution in [1.82, 2.24) is 5.43 Å². The summed E-state index contributed by atoms with van der Waals surface area (Å²) < 4.78 is 0. The molecule has 0 spiro atoms. The summed E-state index contributed by atoms with van der Waals surface area (Å²) in [6.07, 6.45) is 1.54. The fraction of sp³-hybridized carbons (Fsp3) is 0. The summed E-state index contributed by atoms with van der Waals surface area (Å²) in [6, 6.07) is 14.5. The maximum absolute atomic E-state index is 10.6. The highest BCUT2D eigenvalue weighted by Crippen LogP contribution is 2.25. The maximum atomic E-state index is 10.6. The molecule has 0 radical (unpaired) electrons. The van der Waals surface area contributed by atoms with E-state index in [1.807, 2.05) is 48.5 Å². The van der Waals surface area contributed by atoms with E-state index in [0.717, 1.165) is 16.7 Å². The van der Waals surface area contributed by atoms with Crippen molar-refractivity contribution < 1.29 is 4.79 Å². The van der Waals surface area contributed by atoms with Gasteiger partial charge in [-0.2, -0.15) is 5.10 Å². The van der Waals surface area contributed by atoms with Gasteiger partial charge in [0.2, 0.25) is 0 Å². The highest BCUT2D eigenvalue weighted by molar-refractivity contribution is 6.30. The molecule has 0 bridgehead atoms. The van der Waals surface area contributed by atoms with Gasteiger partial charge in [-0.1, -0.05) is 48.0 Å². The Bertz CT molecular complexity index is 626. The van der Waals surface area contributed by atoms with Gasteiger partial charge in [0.1, 0.15) is 0 Å². The fourth-order valence-electron chi connectivity index (χ4n) is 1.69. The van der Waals surface area contributed by atoms with Crippen LogP contribution in [-0.2, 0) is 0 Å². The molecule has 19 heavy (non-hydrogen) atoms. The SMILES string of the molecule is NC(=O)NN=Cc1ccccc1-c1cccc(Cl)c1. The molecule has 0 fully saturated rings. The van der Waals surface area contributed by atoms with Crippen LogP contribution in [0.5, 0.6) is 0 Å². The van der Waals surface area contributed by atoms with Gasteiger partial charge in [-0.3, -0.25) is 0 Å². The van der Waals surface area contributed by atoms with Gasteiger partial charge in [-0.15, -0.1) is 0 Å². The van der Waals surface area contributed by atoms with Gasteiger partial charge < -0.3 is 5.73 Å². The average molecular weight is 274 g/mol. The standard InChI is InChI=1S/C14H12ClN3O/c15-12-6-3-5-10(8-12)13-7-2-1-4-11(13)9-17-18-14(16)19/h1-9H,(H3,16,18,19). The van der Waals surface area contributed by atoms with Crippen LogP contribution in [0.1, 0.15) is 5.56 Å². The third-order valence-corrected chi connectivity index (χ3v) is 2.71. The summed E-state index contributed by atoms with van der Waals surface area (Å²) in [4.78, 5) is 10.6. The van der Waals surface area contributed by atoms with Crippen molar-refractivity contribution in [3.05, 3.63) is 59.1 Å². The Morgan fingerprint density at radius 2 is 2.00 bits per heavy atom. The molecule has 0 aliphatic rings. The lowest BCUT2D eigenvalue weighted by atomic mass is 10.0. The highest BCUT2D eigenvalue weighted by atomic mass is 35.5. The molecule has 2 aromatic rings. The van der Waals surface area contributed by atoms with Crippen LogP contribution in [-0.4, -0.2) is 12.2 Å². The minimum Gasteiger partial charge on any atom is -0.350 e. The lowest BCUT2D eigenvalue weighted by Crippen LogP contribution is -2.24. The van der Waals surface area contributed by atoms with E-state index in [1.165, 1.54) is 0 Å². The summed E-state index contributed by atoms with van der Waals surface area (Å²) in [6.45, 7) is 0. The number of urea groups is 1. The Kier molecular flexibility index (Phi) is 4.15. The number of primary amides is 1. The van der Waals surface area contributed by atoms with Crippen molar-refractivity contribution in [2.75, 3.05) is 0 Å². The Hall–Kier alpha value is -2.33. The van der Waals surface area contributed by atoms with E-state index in [-0.39, 0.29) is 0 Å². The van der Waals surface area contributed by atoms with Crippen molar-refractivity contribution >= 4 is 23.8 Å². The average Bonchev–Trinajstić information content (AvgIpc) is 2.39. The molecule has 2 rings (SSSR count). The molecule has 4 nitrogen and oxygen atoms in total. The Balaban J connectivity index is 2.36. The number of benzene rings is 2. The molecule has 96 valence electrons. The first-order chi connectivity index (χ1) is 9.16. The minimum atomic E-state index is -0.698. The second-order valence-electron chi connectivity index (χ2n) is 3.83. The molecule has 0 saturated carbocycles. The molecule has 0 saturated heterocycles. The second kappa shape index (κ2) is 6.02. The number of carbonyl (C=O) groups is 1. The monoisotopic (exact) mass is 273 g/mol. The number of nitrogens with one attached hydrogen (secondary N) is 1. The summed E-state index contributed by atoms with van der Waals surface area (Å²) in [5.74, 6) is 0. The first-order valence-electron chi connectivity index (χ1n) is 5.60. The first-order valence-corrected chi connectivity index (χ1v) is 5.98. The van der Waals surface area contributed by atoms with E-state index in [9.17, 15) is 4.79 Å². The van der Waals surface area contributed by atoms with Gasteiger partial charge in [-0.05, 0) is 23.3 Å². The van der Waals surface area contributed by atoms with E-state index in [2.05, 4.69) is 10.5 Å². The zero-order valence-corrected chi connectivity index (χ0v) is 10.8. The third-order valence-electron chi connectivity index (χ3n) is 2.47. The summed E-state index contributed by atoms with van der Waals surface area (Å²) >= 11 is 5.99. The molecular formula is C14H12ClN3O. The van der Waals surface area contributed by atoms with E-state index in [0.29, 0.717) is 5.02 Å². The predicted molar refractivity (Wildman–Crippen MR) is 77.2 cm³/mol. The molecule has 0 unspecified atom stereocenters. The van der Waals surface area contributed by atoms with Crippen LogP contribution in [0.15, 0.2) is 53.6 Å². The van der Waals surface area contributed by atoms with Crippen molar-refractivity contribution in [1.29, 1.82) is 0 Å². The second-order valence-corrected chi connectivity index (χ2v) is 4.27. The van der Waals surface area contributed by atoms with E-state index in [1.54, 1.807) is 6.21 Å². The molecule has 0 aliphatic heterocycles. The largest absolute Gasteiger partial charge is 0.350 e. The lowest BCUT2D eigenvalue weighted by Gasteiger charge is -2.06. The van der Waals surface area contributed by atoms with Crippen LogP contribution >= 0.6 is 11.6 Å². The van der Waals surface area contributed by atoms with Crippen LogP contribution in [0.2, 0.25) is 5.02 Å². The lowest BCUT2D eigenvalue weighted by molar-refractivity contribution is 0.249. The Labute approximate surface area is 115 Å². The number of amides is 2. The number of hydrazone groups is 1. The van der Waals surface area contributed by atoms with Crippen LogP contribution in [0.25, 0.3) is 11.1 Å².